The number of rotatable bonds is 10. The molecule has 1 aliphatic heterocycles. The highest BCUT2D eigenvalue weighted by Gasteiger charge is 2.28. The lowest BCUT2D eigenvalue weighted by Crippen LogP contribution is -2.46. The molecule has 0 radical (unpaired) electrons. The van der Waals surface area contributed by atoms with E-state index in [4.69, 9.17) is 10.5 Å². The van der Waals surface area contributed by atoms with Crippen molar-refractivity contribution in [1.82, 2.24) is 19.4 Å². The van der Waals surface area contributed by atoms with Gasteiger partial charge in [-0.15, -0.1) is 0 Å². The fourth-order valence-corrected chi connectivity index (χ4v) is 3.79. The lowest BCUT2D eigenvalue weighted by molar-refractivity contribution is -0.126. The number of aromatic nitrogens is 2. The fraction of sp³-hybridized carbons (Fsp3) is 0.714. The van der Waals surface area contributed by atoms with Gasteiger partial charge in [0.1, 0.15) is 11.4 Å². The quantitative estimate of drug-likeness (QED) is 0.384. The van der Waals surface area contributed by atoms with Gasteiger partial charge >= 0.3 is 5.69 Å². The highest BCUT2D eigenvalue weighted by molar-refractivity contribution is 6.01. The van der Waals surface area contributed by atoms with E-state index in [0.29, 0.717) is 45.6 Å². The van der Waals surface area contributed by atoms with Crippen LogP contribution in [0.2, 0.25) is 0 Å². The Hall–Kier alpha value is -2.46. The maximum atomic E-state index is 12.9. The first kappa shape index (κ1) is 24.8. The average molecular weight is 438 g/mol. The van der Waals surface area contributed by atoms with Crippen LogP contribution in [0, 0.1) is 11.8 Å². The summed E-state index contributed by atoms with van der Waals surface area (Å²) in [6.45, 7) is 6.55. The van der Waals surface area contributed by atoms with E-state index < -0.39 is 17.0 Å². The van der Waals surface area contributed by atoms with Crippen molar-refractivity contribution >= 4 is 17.5 Å². The molecule has 1 aromatic rings. The van der Waals surface area contributed by atoms with Crippen LogP contribution < -0.4 is 22.3 Å². The van der Waals surface area contributed by atoms with Crippen molar-refractivity contribution in [3.05, 3.63) is 26.4 Å². The van der Waals surface area contributed by atoms with Crippen molar-refractivity contribution in [3.63, 3.8) is 0 Å². The van der Waals surface area contributed by atoms with E-state index in [1.165, 1.54) is 11.6 Å². The van der Waals surface area contributed by atoms with Crippen LogP contribution in [0.4, 0.5) is 5.82 Å². The van der Waals surface area contributed by atoms with E-state index in [1.54, 1.807) is 7.11 Å². The number of nitrogens with one attached hydrogen (secondary N) is 1. The summed E-state index contributed by atoms with van der Waals surface area (Å²) in [6, 6.07) is 0. The number of nitrogens with zero attached hydrogens (tertiary/aromatic N) is 3. The first-order valence-corrected chi connectivity index (χ1v) is 10.8. The molecule has 0 spiro atoms. The van der Waals surface area contributed by atoms with Crippen LogP contribution in [-0.4, -0.2) is 65.6 Å². The fourth-order valence-electron chi connectivity index (χ4n) is 3.79. The maximum Gasteiger partial charge on any atom is 0.332 e. The highest BCUT2D eigenvalue weighted by atomic mass is 16.5. The molecule has 2 rings (SSSR count). The minimum atomic E-state index is -0.669. The van der Waals surface area contributed by atoms with Crippen molar-refractivity contribution in [1.29, 1.82) is 0 Å². The molecule has 0 saturated carbocycles. The van der Waals surface area contributed by atoms with Crippen LogP contribution in [0.3, 0.4) is 0 Å². The van der Waals surface area contributed by atoms with Crippen molar-refractivity contribution in [2.75, 3.05) is 45.6 Å². The number of carbonyl (C=O) groups excluding carboxylic acids is 2. The summed E-state index contributed by atoms with van der Waals surface area (Å²) in [4.78, 5) is 52.1. The summed E-state index contributed by atoms with van der Waals surface area (Å²) >= 11 is 0. The van der Waals surface area contributed by atoms with Gasteiger partial charge in [0, 0.05) is 39.8 Å². The van der Waals surface area contributed by atoms with Gasteiger partial charge in [-0.3, -0.25) is 28.4 Å². The van der Waals surface area contributed by atoms with Gasteiger partial charge in [-0.05, 0) is 38.3 Å². The minimum Gasteiger partial charge on any atom is -0.385 e. The molecule has 0 aromatic carbocycles. The van der Waals surface area contributed by atoms with Crippen molar-refractivity contribution in [2.45, 2.75) is 39.7 Å². The van der Waals surface area contributed by atoms with E-state index >= 15 is 0 Å². The molecule has 0 bridgehead atoms. The first-order valence-electron chi connectivity index (χ1n) is 10.8. The molecule has 10 nitrogen and oxygen atoms in total. The Morgan fingerprint density at radius 3 is 2.45 bits per heavy atom. The maximum absolute atomic E-state index is 12.9. The number of amides is 1. The molecule has 2 heterocycles. The number of nitrogen functional groups attached to an aromatic ring is 1. The van der Waals surface area contributed by atoms with Gasteiger partial charge in [0.05, 0.1) is 6.54 Å². The number of hydrogen-bond donors (Lipinski definition) is 2. The Balaban J connectivity index is 2.02. The molecular weight excluding hydrogens is 402 g/mol. The molecule has 3 N–H and O–H groups in total. The molecule has 1 aromatic heterocycles. The lowest BCUT2D eigenvalue weighted by atomic mass is 9.95. The van der Waals surface area contributed by atoms with Gasteiger partial charge in [0.15, 0.2) is 5.78 Å². The number of methoxy groups -OCH3 is 1. The zero-order chi connectivity index (χ0) is 23.1. The molecule has 31 heavy (non-hydrogen) atoms. The molecule has 1 saturated heterocycles. The van der Waals surface area contributed by atoms with Gasteiger partial charge in [0.2, 0.25) is 5.91 Å². The predicted octanol–water partition coefficient (Wildman–Crippen LogP) is -0.167. The van der Waals surface area contributed by atoms with Crippen LogP contribution in [0.15, 0.2) is 9.59 Å². The second kappa shape index (κ2) is 11.2. The van der Waals surface area contributed by atoms with Crippen molar-refractivity contribution in [3.8, 4) is 0 Å². The third kappa shape index (κ3) is 6.27. The monoisotopic (exact) mass is 437 g/mol. The number of ether oxygens (including phenoxy) is 1. The number of Topliss-reactive ketones (excluding diaryl/α,β-unsaturated/α-hetero) is 1. The predicted molar refractivity (Wildman–Crippen MR) is 118 cm³/mol. The topological polar surface area (TPSA) is 129 Å². The van der Waals surface area contributed by atoms with E-state index in [1.807, 2.05) is 18.7 Å². The van der Waals surface area contributed by atoms with E-state index in [0.717, 1.165) is 11.0 Å². The van der Waals surface area contributed by atoms with Crippen LogP contribution in [0.5, 0.6) is 0 Å². The summed E-state index contributed by atoms with van der Waals surface area (Å²) in [6.07, 6.45) is 2.05. The van der Waals surface area contributed by atoms with Crippen LogP contribution >= 0.6 is 0 Å². The van der Waals surface area contributed by atoms with Gasteiger partial charge < -0.3 is 15.8 Å². The molecule has 1 aliphatic rings. The zero-order valence-corrected chi connectivity index (χ0v) is 19.0. The largest absolute Gasteiger partial charge is 0.385 e. The Bertz CT molecular complexity index is 897. The third-order valence-corrected chi connectivity index (χ3v) is 5.56. The number of likely N-dealkylation sites (tertiary alicyclic amines) is 1. The number of hydrogen-bond acceptors (Lipinski definition) is 7. The number of ketones is 1. The number of nitrogens with two attached hydrogens (primary N) is 1. The molecule has 10 heteroatoms. The molecular formula is C21H35N5O5. The standard InChI is InChI=1S/C21H35N5O5/c1-14(2)12-26-18(22)17(20(29)24(3)21(26)30)16(27)13-25-9-6-15(7-10-25)19(28)23-8-5-11-31-4/h14-15H,5-13,22H2,1-4H3,(H,23,28). The van der Waals surface area contributed by atoms with Crippen LogP contribution in [0.25, 0.3) is 0 Å². The Labute approximate surface area is 182 Å². The van der Waals surface area contributed by atoms with Crippen LogP contribution in [0.1, 0.15) is 43.5 Å². The van der Waals surface area contributed by atoms with Gasteiger partial charge in [0.25, 0.3) is 5.56 Å². The van der Waals surface area contributed by atoms with E-state index in [2.05, 4.69) is 5.32 Å². The Kier molecular flexibility index (Phi) is 9.00. The molecule has 0 unspecified atom stereocenters. The normalized spacial score (nSPS) is 15.4. The second-order valence-corrected chi connectivity index (χ2v) is 8.52. The lowest BCUT2D eigenvalue weighted by Gasteiger charge is -2.30. The molecule has 1 fully saturated rings. The first-order chi connectivity index (χ1) is 14.7. The summed E-state index contributed by atoms with van der Waals surface area (Å²) < 4.78 is 7.20. The van der Waals surface area contributed by atoms with Gasteiger partial charge in [-0.25, -0.2) is 4.79 Å². The molecule has 0 aliphatic carbocycles. The van der Waals surface area contributed by atoms with Gasteiger partial charge in [-0.2, -0.15) is 0 Å². The molecule has 174 valence electrons. The minimum absolute atomic E-state index is 0.0287. The smallest absolute Gasteiger partial charge is 0.332 e. The van der Waals surface area contributed by atoms with Crippen molar-refractivity contribution < 1.29 is 14.3 Å². The number of anilines is 1. The number of carbonyl (C=O) groups is 2. The SMILES string of the molecule is COCCCNC(=O)C1CCN(CC(=O)c2c(N)n(CC(C)C)c(=O)n(C)c2=O)CC1. The van der Waals surface area contributed by atoms with E-state index in [9.17, 15) is 19.2 Å². The summed E-state index contributed by atoms with van der Waals surface area (Å²) in [5, 5.41) is 2.92. The van der Waals surface area contributed by atoms with Crippen molar-refractivity contribution in [2.24, 2.45) is 18.9 Å². The van der Waals surface area contributed by atoms with Gasteiger partial charge in [-0.1, -0.05) is 13.8 Å². The summed E-state index contributed by atoms with van der Waals surface area (Å²) in [5.74, 6) is -0.406. The summed E-state index contributed by atoms with van der Waals surface area (Å²) in [7, 11) is 2.98. The Morgan fingerprint density at radius 1 is 1.23 bits per heavy atom. The Morgan fingerprint density at radius 2 is 1.87 bits per heavy atom. The molecule has 1 amide bonds. The zero-order valence-electron chi connectivity index (χ0n) is 19.0. The molecule has 0 atom stereocenters. The van der Waals surface area contributed by atoms with Crippen LogP contribution in [-0.2, 0) is 23.1 Å². The average Bonchev–Trinajstić information content (AvgIpc) is 2.73. The third-order valence-electron chi connectivity index (χ3n) is 5.56. The summed E-state index contributed by atoms with van der Waals surface area (Å²) in [5.41, 5.74) is 4.76. The second-order valence-electron chi connectivity index (χ2n) is 8.52. The highest BCUT2D eigenvalue weighted by Crippen LogP contribution is 2.18. The number of piperidine rings is 1. The van der Waals surface area contributed by atoms with E-state index in [-0.39, 0.29) is 35.7 Å².